The maximum atomic E-state index is 12.6. The number of hydrogen-bond acceptors (Lipinski definition) is 3. The van der Waals surface area contributed by atoms with Crippen LogP contribution in [-0.2, 0) is 4.79 Å². The number of hydrogen-bond donors (Lipinski definition) is 2. The predicted molar refractivity (Wildman–Crippen MR) is 130 cm³/mol. The maximum absolute atomic E-state index is 12.6. The van der Waals surface area contributed by atoms with Crippen molar-refractivity contribution in [3.63, 3.8) is 0 Å². The molecule has 1 aliphatic heterocycles. The van der Waals surface area contributed by atoms with Crippen molar-refractivity contribution in [2.24, 2.45) is 0 Å². The number of nitrogens with one attached hydrogen (secondary N) is 2. The third kappa shape index (κ3) is 7.01. The average Bonchev–Trinajstić information content (AvgIpc) is 2.85. The van der Waals surface area contributed by atoms with E-state index in [0.29, 0.717) is 19.0 Å². The molecule has 1 fully saturated rings. The summed E-state index contributed by atoms with van der Waals surface area (Å²) in [5, 5.41) is 5.71. The van der Waals surface area contributed by atoms with E-state index in [2.05, 4.69) is 64.1 Å². The summed E-state index contributed by atoms with van der Waals surface area (Å²) in [6, 6.07) is 21.4. The van der Waals surface area contributed by atoms with E-state index in [-0.39, 0.29) is 11.9 Å². The lowest BCUT2D eigenvalue weighted by Crippen LogP contribution is -2.48. The van der Waals surface area contributed by atoms with Crippen molar-refractivity contribution in [3.05, 3.63) is 60.7 Å². The number of carbonyl (C=O) groups excluding carboxylic acids is 2. The van der Waals surface area contributed by atoms with Crippen molar-refractivity contribution in [2.45, 2.75) is 51.0 Å². The highest BCUT2D eigenvalue weighted by Gasteiger charge is 2.27. The van der Waals surface area contributed by atoms with Crippen LogP contribution in [0.15, 0.2) is 60.7 Å². The van der Waals surface area contributed by atoms with Gasteiger partial charge in [-0.3, -0.25) is 4.79 Å². The number of unbranched alkanes of at least 4 members (excludes halogenated alkanes) is 3. The fourth-order valence-electron chi connectivity index (χ4n) is 4.27. The normalized spacial score (nSPS) is 14.1. The zero-order valence-corrected chi connectivity index (χ0v) is 19.1. The van der Waals surface area contributed by atoms with Crippen molar-refractivity contribution in [1.29, 1.82) is 0 Å². The van der Waals surface area contributed by atoms with Gasteiger partial charge in [-0.05, 0) is 49.9 Å². The third-order valence-electron chi connectivity index (χ3n) is 6.07. The van der Waals surface area contributed by atoms with Crippen molar-refractivity contribution < 1.29 is 9.59 Å². The van der Waals surface area contributed by atoms with E-state index in [0.717, 1.165) is 51.6 Å². The molecular formula is C26H36N4O2. The quantitative estimate of drug-likeness (QED) is 0.531. The summed E-state index contributed by atoms with van der Waals surface area (Å²) < 4.78 is 0. The van der Waals surface area contributed by atoms with Crippen molar-refractivity contribution in [2.75, 3.05) is 31.6 Å². The number of rotatable bonds is 10. The van der Waals surface area contributed by atoms with Gasteiger partial charge in [0.2, 0.25) is 5.91 Å². The first-order valence-electron chi connectivity index (χ1n) is 11.8. The molecule has 32 heavy (non-hydrogen) atoms. The van der Waals surface area contributed by atoms with Crippen LogP contribution in [0.2, 0.25) is 0 Å². The molecule has 1 aliphatic rings. The van der Waals surface area contributed by atoms with Gasteiger partial charge in [-0.2, -0.15) is 0 Å². The number of anilines is 2. The number of para-hydroxylation sites is 2. The van der Waals surface area contributed by atoms with Crippen LogP contribution >= 0.6 is 0 Å². The lowest BCUT2D eigenvalue weighted by atomic mass is 10.0. The first-order valence-corrected chi connectivity index (χ1v) is 11.8. The number of carbonyl (C=O) groups is 2. The fourth-order valence-corrected chi connectivity index (χ4v) is 4.27. The minimum atomic E-state index is 0.0415. The molecule has 0 aliphatic carbocycles. The van der Waals surface area contributed by atoms with Crippen LogP contribution in [-0.4, -0.2) is 49.6 Å². The molecule has 0 radical (unpaired) electrons. The molecule has 2 aromatic rings. The van der Waals surface area contributed by atoms with Crippen LogP contribution in [0.1, 0.15) is 44.9 Å². The Kier molecular flexibility index (Phi) is 9.41. The van der Waals surface area contributed by atoms with E-state index in [1.165, 1.54) is 11.4 Å². The highest BCUT2D eigenvalue weighted by atomic mass is 16.2. The summed E-state index contributed by atoms with van der Waals surface area (Å²) in [7, 11) is 1.67. The molecule has 0 aromatic heterocycles. The number of amides is 3. The van der Waals surface area contributed by atoms with E-state index in [4.69, 9.17) is 0 Å². The Labute approximate surface area is 192 Å². The molecule has 1 heterocycles. The first-order chi connectivity index (χ1) is 15.7. The second-order valence-corrected chi connectivity index (χ2v) is 8.33. The van der Waals surface area contributed by atoms with Gasteiger partial charge in [0, 0.05) is 50.5 Å². The van der Waals surface area contributed by atoms with Gasteiger partial charge in [-0.15, -0.1) is 0 Å². The van der Waals surface area contributed by atoms with Gasteiger partial charge in [0.25, 0.3) is 0 Å². The number of likely N-dealkylation sites (tertiary alicyclic amines) is 1. The minimum absolute atomic E-state index is 0.0415. The number of nitrogens with zero attached hydrogens (tertiary/aromatic N) is 2. The van der Waals surface area contributed by atoms with Crippen molar-refractivity contribution in [3.8, 4) is 0 Å². The highest BCUT2D eigenvalue weighted by Crippen LogP contribution is 2.31. The topological polar surface area (TPSA) is 64.7 Å². The van der Waals surface area contributed by atoms with E-state index >= 15 is 0 Å². The smallest absolute Gasteiger partial charge is 0.317 e. The van der Waals surface area contributed by atoms with Crippen LogP contribution in [0.4, 0.5) is 16.2 Å². The summed E-state index contributed by atoms with van der Waals surface area (Å²) >= 11 is 0. The number of piperidine rings is 1. The highest BCUT2D eigenvalue weighted by molar-refractivity contribution is 5.75. The van der Waals surface area contributed by atoms with Gasteiger partial charge in [-0.1, -0.05) is 49.2 Å². The molecule has 2 N–H and O–H groups in total. The molecule has 6 nitrogen and oxygen atoms in total. The molecule has 172 valence electrons. The zero-order chi connectivity index (χ0) is 22.6. The van der Waals surface area contributed by atoms with Crippen molar-refractivity contribution >= 4 is 23.3 Å². The Morgan fingerprint density at radius 1 is 0.875 bits per heavy atom. The van der Waals surface area contributed by atoms with Crippen LogP contribution in [0.5, 0.6) is 0 Å². The Morgan fingerprint density at radius 3 is 2.00 bits per heavy atom. The minimum Gasteiger partial charge on any atom is -0.359 e. The lowest BCUT2D eigenvalue weighted by Gasteiger charge is -2.39. The molecule has 0 spiro atoms. The molecule has 0 unspecified atom stereocenters. The first kappa shape index (κ1) is 23.6. The predicted octanol–water partition coefficient (Wildman–Crippen LogP) is 4.70. The van der Waals surface area contributed by atoms with E-state index in [9.17, 15) is 9.59 Å². The maximum Gasteiger partial charge on any atom is 0.317 e. The molecule has 1 saturated heterocycles. The van der Waals surface area contributed by atoms with Gasteiger partial charge in [0.05, 0.1) is 0 Å². The van der Waals surface area contributed by atoms with Crippen molar-refractivity contribution in [1.82, 2.24) is 15.5 Å². The SMILES string of the molecule is CNC(=O)CCCCCCNC(=O)N1CCC(N(c2ccccc2)c2ccccc2)CC1. The second kappa shape index (κ2) is 12.7. The second-order valence-electron chi connectivity index (χ2n) is 8.33. The molecule has 0 bridgehead atoms. The third-order valence-corrected chi connectivity index (χ3v) is 6.07. The van der Waals surface area contributed by atoms with E-state index in [1.54, 1.807) is 7.05 Å². The lowest BCUT2D eigenvalue weighted by molar-refractivity contribution is -0.120. The summed E-state index contributed by atoms with van der Waals surface area (Å²) in [6.45, 7) is 2.22. The molecule has 0 atom stereocenters. The fraction of sp³-hybridized carbons (Fsp3) is 0.462. The van der Waals surface area contributed by atoms with E-state index < -0.39 is 0 Å². The van der Waals surface area contributed by atoms with Crippen LogP contribution in [0.25, 0.3) is 0 Å². The van der Waals surface area contributed by atoms with Crippen LogP contribution in [0.3, 0.4) is 0 Å². The summed E-state index contributed by atoms with van der Waals surface area (Å²) in [5.74, 6) is 0.0970. The Hall–Kier alpha value is -3.02. The van der Waals surface area contributed by atoms with E-state index in [1.807, 2.05) is 17.0 Å². The Balaban J connectivity index is 1.43. The molecule has 0 saturated carbocycles. The molecule has 2 aromatic carbocycles. The van der Waals surface area contributed by atoms with Gasteiger partial charge in [0.15, 0.2) is 0 Å². The Morgan fingerprint density at radius 2 is 1.44 bits per heavy atom. The van der Waals surface area contributed by atoms with Gasteiger partial charge in [0.1, 0.15) is 0 Å². The summed E-state index contributed by atoms with van der Waals surface area (Å²) in [6.07, 6.45) is 6.37. The average molecular weight is 437 g/mol. The summed E-state index contributed by atoms with van der Waals surface area (Å²) in [4.78, 5) is 28.1. The van der Waals surface area contributed by atoms with Gasteiger partial charge in [-0.25, -0.2) is 4.79 Å². The molecule has 6 heteroatoms. The number of benzene rings is 2. The summed E-state index contributed by atoms with van der Waals surface area (Å²) in [5.41, 5.74) is 2.39. The van der Waals surface area contributed by atoms with Gasteiger partial charge >= 0.3 is 6.03 Å². The molecular weight excluding hydrogens is 400 g/mol. The van der Waals surface area contributed by atoms with Crippen LogP contribution in [0, 0.1) is 0 Å². The van der Waals surface area contributed by atoms with Crippen LogP contribution < -0.4 is 15.5 Å². The largest absolute Gasteiger partial charge is 0.359 e. The molecule has 3 amide bonds. The van der Waals surface area contributed by atoms with Gasteiger partial charge < -0.3 is 20.4 Å². The Bertz CT molecular complexity index is 781. The number of urea groups is 1. The standard InChI is InChI=1S/C26H36N4O2/c1-27-25(31)16-10-2-3-11-19-28-26(32)29-20-17-24(18-21-29)30(22-12-6-4-7-13-22)23-14-8-5-9-15-23/h4-9,12-15,24H,2-3,10-11,16-21H2,1H3,(H,27,31)(H,28,32). The molecule has 3 rings (SSSR count). The zero-order valence-electron chi connectivity index (χ0n) is 19.1. The monoisotopic (exact) mass is 436 g/mol.